The number of amides is 1. The number of carbonyl (C=O) groups excluding carboxylic acids is 1. The van der Waals surface area contributed by atoms with Gasteiger partial charge in [0.25, 0.3) is 0 Å². The van der Waals surface area contributed by atoms with Crippen molar-refractivity contribution in [3.05, 3.63) is 48.0 Å². The van der Waals surface area contributed by atoms with E-state index < -0.39 is 11.7 Å². The second-order valence-electron chi connectivity index (χ2n) is 6.65. The Balaban J connectivity index is 1.73. The van der Waals surface area contributed by atoms with Crippen LogP contribution in [-0.2, 0) is 21.7 Å². The summed E-state index contributed by atoms with van der Waals surface area (Å²) in [5.74, 6) is 2.24. The molecule has 0 unspecified atom stereocenters. The molecule has 0 aliphatic carbocycles. The van der Waals surface area contributed by atoms with Gasteiger partial charge in [-0.2, -0.15) is 13.2 Å². The van der Waals surface area contributed by atoms with Crippen LogP contribution in [0.3, 0.4) is 0 Å². The number of hydrogen-bond donors (Lipinski definition) is 2. The van der Waals surface area contributed by atoms with E-state index in [1.165, 1.54) is 19.2 Å². The molecule has 3 rings (SSSR count). The van der Waals surface area contributed by atoms with Crippen molar-refractivity contribution in [1.29, 1.82) is 4.78 Å². The van der Waals surface area contributed by atoms with Gasteiger partial charge in [0.15, 0.2) is 0 Å². The normalized spacial score (nSPS) is 19.4. The zero-order chi connectivity index (χ0) is 21.0. The first-order chi connectivity index (χ1) is 13.8. The topological polar surface area (TPSA) is 71.4 Å². The van der Waals surface area contributed by atoms with E-state index in [2.05, 4.69) is 5.32 Å². The molecule has 29 heavy (non-hydrogen) atoms. The Hall–Kier alpha value is -2.55. The molecule has 0 bridgehead atoms. The number of benzene rings is 2. The van der Waals surface area contributed by atoms with Crippen molar-refractivity contribution in [2.75, 3.05) is 23.9 Å². The Kier molecular flexibility index (Phi) is 6.46. The Bertz CT molecular complexity index is 891. The van der Waals surface area contributed by atoms with Crippen molar-refractivity contribution in [3.63, 3.8) is 0 Å². The summed E-state index contributed by atoms with van der Waals surface area (Å²) < 4.78 is 56.7. The number of anilines is 1. The highest BCUT2D eigenvalue weighted by atomic mass is 32.2. The largest absolute Gasteiger partial charge is 0.495 e. The van der Waals surface area contributed by atoms with Gasteiger partial charge in [-0.1, -0.05) is 0 Å². The van der Waals surface area contributed by atoms with Gasteiger partial charge in [0, 0.05) is 23.5 Å². The lowest BCUT2D eigenvalue weighted by Gasteiger charge is -2.22. The molecule has 1 fully saturated rings. The third-order valence-corrected chi connectivity index (χ3v) is 6.10. The van der Waals surface area contributed by atoms with Gasteiger partial charge in [0.2, 0.25) is 5.91 Å². The van der Waals surface area contributed by atoms with Gasteiger partial charge in [0.05, 0.1) is 18.4 Å². The van der Waals surface area contributed by atoms with Crippen LogP contribution in [0.2, 0.25) is 0 Å². The summed E-state index contributed by atoms with van der Waals surface area (Å²) in [7, 11) is 1.12. The first-order valence-corrected chi connectivity index (χ1v) is 10.6. The van der Waals surface area contributed by atoms with Gasteiger partial charge >= 0.3 is 6.18 Å². The van der Waals surface area contributed by atoms with E-state index in [-0.39, 0.29) is 28.3 Å². The van der Waals surface area contributed by atoms with Crippen LogP contribution < -0.4 is 14.8 Å². The summed E-state index contributed by atoms with van der Waals surface area (Å²) in [6.45, 7) is 0. The van der Waals surface area contributed by atoms with Gasteiger partial charge in [-0.25, -0.2) is 0 Å². The molecule has 0 atom stereocenters. The molecule has 2 aromatic rings. The number of carbonyl (C=O) groups is 1. The average Bonchev–Trinajstić information content (AvgIpc) is 2.68. The van der Waals surface area contributed by atoms with E-state index in [1.54, 1.807) is 18.2 Å². The lowest BCUT2D eigenvalue weighted by Crippen LogP contribution is -2.29. The lowest BCUT2D eigenvalue weighted by molar-refractivity contribution is -0.137. The van der Waals surface area contributed by atoms with Gasteiger partial charge in [0.1, 0.15) is 17.2 Å². The smallest absolute Gasteiger partial charge is 0.416 e. The molecule has 0 spiro atoms. The number of halogens is 3. The zero-order valence-electron chi connectivity index (χ0n) is 15.7. The maximum atomic E-state index is 12.7. The minimum atomic E-state index is -4.41. The van der Waals surface area contributed by atoms with E-state index in [0.717, 1.165) is 23.6 Å². The van der Waals surface area contributed by atoms with Crippen LogP contribution in [-0.4, -0.2) is 24.5 Å². The monoisotopic (exact) mass is 426 g/mol. The fourth-order valence-electron chi connectivity index (χ4n) is 3.01. The average molecular weight is 426 g/mol. The summed E-state index contributed by atoms with van der Waals surface area (Å²) in [6.07, 6.45) is -3.04. The van der Waals surface area contributed by atoms with Crippen LogP contribution in [0.25, 0.3) is 0 Å². The van der Waals surface area contributed by atoms with E-state index >= 15 is 0 Å². The number of methoxy groups -OCH3 is 1. The molecule has 0 aromatic heterocycles. The minimum Gasteiger partial charge on any atom is -0.495 e. The fraction of sp³-hybridized carbons (Fsp3) is 0.350. The molecule has 1 aliphatic heterocycles. The highest BCUT2D eigenvalue weighted by Gasteiger charge is 2.30. The molecule has 9 heteroatoms. The highest BCUT2D eigenvalue weighted by Crippen LogP contribution is 2.34. The van der Waals surface area contributed by atoms with Crippen molar-refractivity contribution >= 4 is 22.3 Å². The second-order valence-corrected chi connectivity index (χ2v) is 8.45. The van der Waals surface area contributed by atoms with Crippen molar-refractivity contribution in [2.24, 2.45) is 5.92 Å². The summed E-state index contributed by atoms with van der Waals surface area (Å²) >= 11 is 0. The summed E-state index contributed by atoms with van der Waals surface area (Å²) in [6, 6.07) is 9.19. The molecule has 5 nitrogen and oxygen atoms in total. The zero-order valence-corrected chi connectivity index (χ0v) is 16.5. The van der Waals surface area contributed by atoms with Crippen LogP contribution in [0.4, 0.5) is 18.9 Å². The van der Waals surface area contributed by atoms with Crippen molar-refractivity contribution < 1.29 is 27.4 Å². The Labute approximate surface area is 169 Å². The Morgan fingerprint density at radius 1 is 1.10 bits per heavy atom. The third kappa shape index (κ3) is 5.50. The highest BCUT2D eigenvalue weighted by molar-refractivity contribution is 7.86. The molecule has 1 aliphatic rings. The Morgan fingerprint density at radius 3 is 2.31 bits per heavy atom. The first-order valence-electron chi connectivity index (χ1n) is 8.99. The first kappa shape index (κ1) is 21.2. The van der Waals surface area contributed by atoms with E-state index in [9.17, 15) is 18.0 Å². The van der Waals surface area contributed by atoms with Crippen molar-refractivity contribution in [1.82, 2.24) is 0 Å². The molecule has 1 heterocycles. The summed E-state index contributed by atoms with van der Waals surface area (Å²) in [5, 5.41) is 2.85. The number of ether oxygens (including phenoxy) is 2. The predicted octanol–water partition coefficient (Wildman–Crippen LogP) is 5.24. The molecule has 0 radical (unpaired) electrons. The predicted molar refractivity (Wildman–Crippen MR) is 106 cm³/mol. The SMILES string of the molecule is COc1ccc(Oc2ccc(C(F)(F)F)cc2)cc1NC(=O)C1CCS(=N)CC1. The second kappa shape index (κ2) is 8.86. The van der Waals surface area contributed by atoms with E-state index in [0.29, 0.717) is 30.0 Å². The van der Waals surface area contributed by atoms with Crippen LogP contribution in [0, 0.1) is 10.7 Å². The molecule has 2 N–H and O–H groups in total. The molecule has 1 saturated heterocycles. The van der Waals surface area contributed by atoms with E-state index in [1.807, 2.05) is 0 Å². The standard InChI is InChI=1S/C20H21F3N2O3S/c1-27-18-7-6-16(28-15-4-2-14(3-5-15)20(21,22)23)12-17(18)25-19(26)13-8-10-29(24)11-9-13/h2-7,12-13,24H,8-11H2,1H3,(H,25,26). The van der Waals surface area contributed by atoms with Gasteiger partial charge < -0.3 is 14.8 Å². The van der Waals surface area contributed by atoms with Crippen LogP contribution in [0.5, 0.6) is 17.2 Å². The minimum absolute atomic E-state index is 0.133. The molecule has 1 amide bonds. The van der Waals surface area contributed by atoms with E-state index in [4.69, 9.17) is 14.3 Å². The van der Waals surface area contributed by atoms with Crippen molar-refractivity contribution in [3.8, 4) is 17.2 Å². The molecule has 0 saturated carbocycles. The summed E-state index contributed by atoms with van der Waals surface area (Å²) in [4.78, 5) is 12.6. The number of hydrogen-bond acceptors (Lipinski definition) is 4. The maximum absolute atomic E-state index is 12.7. The molecule has 2 aromatic carbocycles. The molecular formula is C20H21F3N2O3S. The lowest BCUT2D eigenvalue weighted by atomic mass is 10.0. The molecular weight excluding hydrogens is 405 g/mol. The van der Waals surface area contributed by atoms with Crippen LogP contribution >= 0.6 is 0 Å². The number of nitrogens with one attached hydrogen (secondary N) is 2. The van der Waals surface area contributed by atoms with Crippen molar-refractivity contribution in [2.45, 2.75) is 19.0 Å². The molecule has 156 valence electrons. The number of alkyl halides is 3. The quantitative estimate of drug-likeness (QED) is 0.687. The van der Waals surface area contributed by atoms with Crippen LogP contribution in [0.15, 0.2) is 42.5 Å². The van der Waals surface area contributed by atoms with Gasteiger partial charge in [-0.05, 0) is 49.2 Å². The fourth-order valence-corrected chi connectivity index (χ4v) is 4.35. The van der Waals surface area contributed by atoms with Gasteiger partial charge in [-0.15, -0.1) is 10.7 Å². The number of rotatable bonds is 5. The summed E-state index contributed by atoms with van der Waals surface area (Å²) in [5.41, 5.74) is -0.326. The van der Waals surface area contributed by atoms with Crippen LogP contribution in [0.1, 0.15) is 18.4 Å². The Morgan fingerprint density at radius 2 is 1.72 bits per heavy atom. The maximum Gasteiger partial charge on any atom is 0.416 e. The van der Waals surface area contributed by atoms with Gasteiger partial charge in [-0.3, -0.25) is 9.57 Å². The third-order valence-electron chi connectivity index (χ3n) is 4.64.